The zero-order valence-electron chi connectivity index (χ0n) is 16.0. The first-order chi connectivity index (χ1) is 14.3. The van der Waals surface area contributed by atoms with E-state index in [1.54, 1.807) is 24.8 Å². The molecule has 0 N–H and O–H groups in total. The Hall–Kier alpha value is -3.04. The number of anilines is 1. The van der Waals surface area contributed by atoms with E-state index in [4.69, 9.17) is 9.26 Å². The maximum atomic E-state index is 5.48. The first-order valence-corrected chi connectivity index (χ1v) is 10.3. The molecule has 9 heteroatoms. The molecule has 1 aliphatic rings. The molecule has 29 heavy (non-hydrogen) atoms. The molecule has 1 saturated heterocycles. The molecule has 1 fully saturated rings. The second kappa shape index (κ2) is 7.76. The first-order valence-electron chi connectivity index (χ1n) is 9.43. The average molecular weight is 408 g/mol. The number of nitrogens with zero attached hydrogens (tertiary/aromatic N) is 6. The highest BCUT2D eigenvalue weighted by Crippen LogP contribution is 2.27. The van der Waals surface area contributed by atoms with Gasteiger partial charge in [0.15, 0.2) is 0 Å². The van der Waals surface area contributed by atoms with Crippen molar-refractivity contribution in [2.24, 2.45) is 0 Å². The number of hydrogen-bond donors (Lipinski definition) is 0. The highest BCUT2D eigenvalue weighted by molar-refractivity contribution is 7.16. The van der Waals surface area contributed by atoms with Crippen LogP contribution in [0.5, 0.6) is 5.75 Å². The molecule has 0 spiro atoms. The fourth-order valence-electron chi connectivity index (χ4n) is 3.54. The van der Waals surface area contributed by atoms with E-state index in [1.165, 1.54) is 0 Å². The summed E-state index contributed by atoms with van der Waals surface area (Å²) in [6.07, 6.45) is 1.65. The van der Waals surface area contributed by atoms with E-state index in [0.29, 0.717) is 18.3 Å². The van der Waals surface area contributed by atoms with Crippen LogP contribution in [-0.2, 0) is 6.54 Å². The van der Waals surface area contributed by atoms with E-state index >= 15 is 0 Å². The van der Waals surface area contributed by atoms with Crippen molar-refractivity contribution in [2.45, 2.75) is 6.54 Å². The van der Waals surface area contributed by atoms with Gasteiger partial charge in [-0.1, -0.05) is 17.3 Å². The molecule has 3 aromatic heterocycles. The summed E-state index contributed by atoms with van der Waals surface area (Å²) in [4.78, 5) is 19.1. The minimum absolute atomic E-state index is 0.582. The number of piperazine rings is 1. The largest absolute Gasteiger partial charge is 0.497 e. The van der Waals surface area contributed by atoms with Crippen LogP contribution in [0.4, 0.5) is 5.82 Å². The topological polar surface area (TPSA) is 80.4 Å². The van der Waals surface area contributed by atoms with E-state index in [0.717, 1.165) is 53.5 Å². The van der Waals surface area contributed by atoms with Gasteiger partial charge in [-0.05, 0) is 23.6 Å². The van der Waals surface area contributed by atoms with Gasteiger partial charge in [0.2, 0.25) is 11.7 Å². The third-order valence-electron chi connectivity index (χ3n) is 5.07. The Morgan fingerprint density at radius 1 is 1.14 bits per heavy atom. The van der Waals surface area contributed by atoms with Crippen LogP contribution < -0.4 is 9.64 Å². The van der Waals surface area contributed by atoms with Gasteiger partial charge in [0, 0.05) is 31.7 Å². The maximum Gasteiger partial charge on any atom is 0.241 e. The second-order valence-electron chi connectivity index (χ2n) is 6.84. The van der Waals surface area contributed by atoms with E-state index in [9.17, 15) is 0 Å². The Balaban J connectivity index is 1.23. The number of ether oxygens (including phenoxy) is 1. The van der Waals surface area contributed by atoms with Gasteiger partial charge in [-0.3, -0.25) is 4.90 Å². The van der Waals surface area contributed by atoms with Crippen LogP contribution in [0.1, 0.15) is 5.89 Å². The molecule has 0 radical (unpaired) electrons. The Bertz CT molecular complexity index is 1120. The molecule has 4 aromatic rings. The van der Waals surface area contributed by atoms with Gasteiger partial charge in [-0.15, -0.1) is 11.3 Å². The average Bonchev–Trinajstić information content (AvgIpc) is 3.44. The van der Waals surface area contributed by atoms with Crippen LogP contribution in [0.2, 0.25) is 0 Å². The van der Waals surface area contributed by atoms with Gasteiger partial charge in [-0.2, -0.15) is 4.98 Å². The molecule has 1 aromatic carbocycles. The SMILES string of the molecule is COc1cccc(-c2noc(CN3CCN(c4ncnc5sccc45)CC3)n2)c1. The lowest BCUT2D eigenvalue weighted by molar-refractivity contribution is 0.215. The zero-order valence-corrected chi connectivity index (χ0v) is 16.8. The summed E-state index contributed by atoms with van der Waals surface area (Å²) in [5.41, 5.74) is 0.882. The Morgan fingerprint density at radius 3 is 2.90 bits per heavy atom. The number of benzene rings is 1. The van der Waals surface area contributed by atoms with Crippen LogP contribution >= 0.6 is 11.3 Å². The van der Waals surface area contributed by atoms with Crippen LogP contribution in [0, 0.1) is 0 Å². The van der Waals surface area contributed by atoms with Crippen molar-refractivity contribution >= 4 is 27.4 Å². The standard InChI is InChI=1S/C20H20N6O2S/c1-27-15-4-2-3-14(11-15)18-23-17(28-24-18)12-25-6-8-26(9-7-25)19-16-5-10-29-20(16)22-13-21-19/h2-5,10-11,13H,6-9,12H2,1H3. The molecule has 4 heterocycles. The van der Waals surface area contributed by atoms with Crippen molar-refractivity contribution in [3.63, 3.8) is 0 Å². The fraction of sp³-hybridized carbons (Fsp3) is 0.300. The van der Waals surface area contributed by atoms with Crippen molar-refractivity contribution in [1.29, 1.82) is 0 Å². The van der Waals surface area contributed by atoms with E-state index < -0.39 is 0 Å². The van der Waals surface area contributed by atoms with Crippen LogP contribution in [0.25, 0.3) is 21.6 Å². The quantitative estimate of drug-likeness (QED) is 0.498. The van der Waals surface area contributed by atoms with E-state index in [1.807, 2.05) is 24.3 Å². The maximum absolute atomic E-state index is 5.48. The fourth-order valence-corrected chi connectivity index (χ4v) is 4.26. The third kappa shape index (κ3) is 3.66. The molecule has 0 aliphatic carbocycles. The highest BCUT2D eigenvalue weighted by Gasteiger charge is 2.22. The van der Waals surface area contributed by atoms with Gasteiger partial charge >= 0.3 is 0 Å². The van der Waals surface area contributed by atoms with Crippen molar-refractivity contribution in [1.82, 2.24) is 25.0 Å². The van der Waals surface area contributed by atoms with Crippen molar-refractivity contribution in [3.8, 4) is 17.1 Å². The minimum atomic E-state index is 0.582. The lowest BCUT2D eigenvalue weighted by atomic mass is 10.2. The molecule has 8 nitrogen and oxygen atoms in total. The van der Waals surface area contributed by atoms with Crippen LogP contribution in [0.15, 0.2) is 46.6 Å². The molecule has 0 saturated carbocycles. The lowest BCUT2D eigenvalue weighted by Gasteiger charge is -2.34. The number of fused-ring (bicyclic) bond motifs is 1. The van der Waals surface area contributed by atoms with Gasteiger partial charge in [0.05, 0.1) is 19.0 Å². The molecule has 1 aliphatic heterocycles. The number of rotatable bonds is 5. The summed E-state index contributed by atoms with van der Waals surface area (Å²) in [7, 11) is 1.64. The smallest absolute Gasteiger partial charge is 0.241 e. The summed E-state index contributed by atoms with van der Waals surface area (Å²) in [6.45, 7) is 4.26. The number of hydrogen-bond acceptors (Lipinski definition) is 9. The molecule has 148 valence electrons. The van der Waals surface area contributed by atoms with E-state index in [-0.39, 0.29) is 0 Å². The molecular formula is C20H20N6O2S. The van der Waals surface area contributed by atoms with Crippen molar-refractivity contribution in [2.75, 3.05) is 38.2 Å². The molecule has 0 amide bonds. The summed E-state index contributed by atoms with van der Waals surface area (Å²) >= 11 is 1.65. The molecular weight excluding hydrogens is 388 g/mol. The Labute approximate surface area is 171 Å². The zero-order chi connectivity index (χ0) is 19.6. The Kier molecular flexibility index (Phi) is 4.82. The molecule has 5 rings (SSSR count). The number of methoxy groups -OCH3 is 1. The molecule has 0 bridgehead atoms. The highest BCUT2D eigenvalue weighted by atomic mass is 32.1. The normalized spacial score (nSPS) is 15.1. The van der Waals surface area contributed by atoms with Gasteiger partial charge in [0.1, 0.15) is 22.7 Å². The van der Waals surface area contributed by atoms with Gasteiger partial charge < -0.3 is 14.2 Å². The molecule has 0 atom stereocenters. The van der Waals surface area contributed by atoms with Crippen molar-refractivity contribution < 1.29 is 9.26 Å². The van der Waals surface area contributed by atoms with E-state index in [2.05, 4.69) is 41.4 Å². The lowest BCUT2D eigenvalue weighted by Crippen LogP contribution is -2.46. The summed E-state index contributed by atoms with van der Waals surface area (Å²) in [5, 5.41) is 7.32. The monoisotopic (exact) mass is 408 g/mol. The van der Waals surface area contributed by atoms with Crippen LogP contribution in [0.3, 0.4) is 0 Å². The van der Waals surface area contributed by atoms with Gasteiger partial charge in [-0.25, -0.2) is 9.97 Å². The first kappa shape index (κ1) is 18.0. The second-order valence-corrected chi connectivity index (χ2v) is 7.74. The van der Waals surface area contributed by atoms with Gasteiger partial charge in [0.25, 0.3) is 0 Å². The minimum Gasteiger partial charge on any atom is -0.497 e. The molecule has 0 unspecified atom stereocenters. The summed E-state index contributed by atoms with van der Waals surface area (Å²) in [5.74, 6) is 3.00. The predicted octanol–water partition coefficient (Wildman–Crippen LogP) is 3.07. The Morgan fingerprint density at radius 2 is 2.03 bits per heavy atom. The third-order valence-corrected chi connectivity index (χ3v) is 5.89. The number of aromatic nitrogens is 4. The predicted molar refractivity (Wildman–Crippen MR) is 111 cm³/mol. The summed E-state index contributed by atoms with van der Waals surface area (Å²) in [6, 6.07) is 9.76. The summed E-state index contributed by atoms with van der Waals surface area (Å²) < 4.78 is 10.7. The van der Waals surface area contributed by atoms with Crippen LogP contribution in [-0.4, -0.2) is 58.3 Å². The number of thiophene rings is 1. The van der Waals surface area contributed by atoms with Crippen molar-refractivity contribution in [3.05, 3.63) is 47.9 Å².